The maximum Gasteiger partial charge on any atom is 1.00 e. The van der Waals surface area contributed by atoms with Crippen LogP contribution in [-0.4, -0.2) is 0 Å². The van der Waals surface area contributed by atoms with Gasteiger partial charge in [0, 0.05) is 0 Å². The maximum atomic E-state index is 8.55. The molecule has 4 nitrogen and oxygen atoms in total. The Bertz CT molecular complexity index is 66.6. The zero-order chi connectivity index (χ0) is 4.50. The molecule has 0 N–H and O–H groups in total. The van der Waals surface area contributed by atoms with Crippen molar-refractivity contribution in [3.63, 3.8) is 0 Å². The van der Waals surface area contributed by atoms with Crippen LogP contribution >= 0.6 is 7.82 Å². The predicted octanol–water partition coefficient (Wildman–Crippen LogP) is -14.7. The van der Waals surface area contributed by atoms with Gasteiger partial charge in [-0.05, 0) is 0 Å². The molecule has 34 valence electrons. The molecule has 0 radical (unpaired) electrons. The van der Waals surface area contributed by atoms with Crippen LogP contribution in [0.15, 0.2) is 0 Å². The molecule has 9 heavy (non-hydrogen) atoms. The summed E-state index contributed by atoms with van der Waals surface area (Å²) < 4.78 is 8.55. The molecule has 0 spiro atoms. The summed E-state index contributed by atoms with van der Waals surface area (Å²) in [7, 11) is -5.39. The van der Waals surface area contributed by atoms with Crippen molar-refractivity contribution in [2.24, 2.45) is 0 Å². The van der Waals surface area contributed by atoms with Gasteiger partial charge in [0.05, 0.1) is 0 Å². The first-order valence-electron chi connectivity index (χ1n) is 0.730. The molecule has 0 aromatic heterocycles. The number of phosphoric acid groups is 1. The van der Waals surface area contributed by atoms with Crippen LogP contribution in [0.25, 0.3) is 0 Å². The molecule has 0 atom stereocenters. The van der Waals surface area contributed by atoms with Gasteiger partial charge in [-0.25, -0.2) is 0 Å². The average molecular weight is 204 g/mol. The van der Waals surface area contributed by atoms with E-state index in [-0.39, 0.29) is 141 Å². The standard InChI is InChI=1S/K.3Na.H3O4P.H/c;;;;1-5(2,3)4;/h;;;;(H3,1,2,3,4);/q4*+1;;-1/p-3. The van der Waals surface area contributed by atoms with Gasteiger partial charge in [-0.1, -0.05) is 0 Å². The van der Waals surface area contributed by atoms with Crippen molar-refractivity contribution in [3.05, 3.63) is 0 Å². The SMILES string of the molecule is O=P([O-])([O-])[O-].[H-].[K+].[Na+].[Na+].[Na+]. The van der Waals surface area contributed by atoms with E-state index in [9.17, 15) is 0 Å². The van der Waals surface area contributed by atoms with Crippen molar-refractivity contribution in [2.45, 2.75) is 0 Å². The molecule has 0 aliphatic rings. The van der Waals surface area contributed by atoms with E-state index in [1.54, 1.807) is 0 Å². The van der Waals surface area contributed by atoms with Crippen LogP contribution in [0.5, 0.6) is 0 Å². The van der Waals surface area contributed by atoms with E-state index in [1.807, 2.05) is 0 Å². The van der Waals surface area contributed by atoms with E-state index in [2.05, 4.69) is 0 Å². The van der Waals surface area contributed by atoms with Gasteiger partial charge < -0.3 is 20.7 Å². The Labute approximate surface area is 164 Å². The second-order valence-corrected chi connectivity index (χ2v) is 1.34. The van der Waals surface area contributed by atoms with Crippen molar-refractivity contribution in [2.75, 3.05) is 0 Å². The molecule has 0 bridgehead atoms. The Balaban J connectivity index is -0.00000000800. The fraction of sp³-hybridized carbons (Fsp3) is 0. The second-order valence-electron chi connectivity index (χ2n) is 0.447. The molecule has 0 heterocycles. The monoisotopic (exact) mass is 204 g/mol. The summed E-state index contributed by atoms with van der Waals surface area (Å²) in [6.07, 6.45) is 0. The van der Waals surface area contributed by atoms with Gasteiger partial charge in [-0.2, -0.15) is 7.82 Å². The molecule has 0 rings (SSSR count). The van der Waals surface area contributed by atoms with Crippen LogP contribution in [0.4, 0.5) is 0 Å². The van der Waals surface area contributed by atoms with E-state index in [4.69, 9.17) is 19.2 Å². The summed E-state index contributed by atoms with van der Waals surface area (Å²) in [5.74, 6) is 0. The van der Waals surface area contributed by atoms with E-state index in [0.717, 1.165) is 0 Å². The largest absolute Gasteiger partial charge is 1.00 e. The smallest absolute Gasteiger partial charge is 1.00 e. The first-order chi connectivity index (χ1) is 2.00. The fourth-order valence-electron chi connectivity index (χ4n) is 0. The summed E-state index contributed by atoms with van der Waals surface area (Å²) in [4.78, 5) is 25.6. The Morgan fingerprint density at radius 3 is 1.00 bits per heavy atom. The van der Waals surface area contributed by atoms with E-state index in [1.165, 1.54) is 0 Å². The Kier molecular flexibility index (Phi) is 49.4. The summed E-state index contributed by atoms with van der Waals surface area (Å²) in [6, 6.07) is 0. The van der Waals surface area contributed by atoms with E-state index in [0.29, 0.717) is 0 Å². The molecule has 0 fully saturated rings. The molecule has 0 saturated heterocycles. The van der Waals surface area contributed by atoms with Gasteiger partial charge in [0.25, 0.3) is 0 Å². The average Bonchev–Trinajstić information content (AvgIpc) is 0.722. The zero-order valence-electron chi connectivity index (χ0n) is 7.08. The minimum atomic E-state index is -5.39. The van der Waals surface area contributed by atoms with Crippen LogP contribution in [0.2, 0.25) is 0 Å². The quantitative estimate of drug-likeness (QED) is 0.289. The van der Waals surface area contributed by atoms with Gasteiger partial charge in [0.1, 0.15) is 0 Å². The summed E-state index contributed by atoms with van der Waals surface area (Å²) in [6.45, 7) is 0. The van der Waals surface area contributed by atoms with Crippen LogP contribution in [-0.2, 0) is 4.57 Å². The van der Waals surface area contributed by atoms with Crippen molar-refractivity contribution in [3.8, 4) is 0 Å². The normalized spacial score (nSPS) is 6.56. The molecule has 0 aromatic rings. The van der Waals surface area contributed by atoms with E-state index >= 15 is 0 Å². The molecule has 0 aliphatic heterocycles. The topological polar surface area (TPSA) is 86.2 Å². The van der Waals surface area contributed by atoms with Crippen molar-refractivity contribution in [1.82, 2.24) is 0 Å². The third kappa shape index (κ3) is 65.3. The first kappa shape index (κ1) is 29.2. The van der Waals surface area contributed by atoms with Gasteiger partial charge in [-0.15, -0.1) is 0 Å². The van der Waals surface area contributed by atoms with Crippen molar-refractivity contribution in [1.29, 1.82) is 0 Å². The molecule has 0 aliphatic carbocycles. The number of hydrogen-bond acceptors (Lipinski definition) is 4. The van der Waals surface area contributed by atoms with Crippen molar-refractivity contribution < 1.29 is 161 Å². The fourth-order valence-corrected chi connectivity index (χ4v) is 0. The summed E-state index contributed by atoms with van der Waals surface area (Å²) in [5.41, 5.74) is 0. The minimum absolute atomic E-state index is 0. The summed E-state index contributed by atoms with van der Waals surface area (Å²) in [5, 5.41) is 0. The number of hydrogen-bond donors (Lipinski definition) is 0. The zero-order valence-corrected chi connectivity index (χ0v) is 16.1. The predicted molar refractivity (Wildman–Crippen MR) is 8.72 cm³/mol. The van der Waals surface area contributed by atoms with Crippen LogP contribution < -0.4 is 155 Å². The molecule has 0 amide bonds. The molecular formula is HKNa3O4P. The third-order valence-corrected chi connectivity index (χ3v) is 0. The van der Waals surface area contributed by atoms with Crippen LogP contribution in [0, 0.1) is 0 Å². The number of rotatable bonds is 0. The maximum absolute atomic E-state index is 8.55. The van der Waals surface area contributed by atoms with Gasteiger partial charge in [0.2, 0.25) is 0 Å². The Morgan fingerprint density at radius 1 is 1.00 bits per heavy atom. The van der Waals surface area contributed by atoms with Crippen molar-refractivity contribution >= 4 is 7.82 Å². The molecular weight excluding hydrogens is 203 g/mol. The molecule has 0 unspecified atom stereocenters. The van der Waals surface area contributed by atoms with E-state index < -0.39 is 7.82 Å². The van der Waals surface area contributed by atoms with Gasteiger partial charge >= 0.3 is 140 Å². The van der Waals surface area contributed by atoms with Crippen LogP contribution in [0.1, 0.15) is 1.43 Å². The van der Waals surface area contributed by atoms with Crippen LogP contribution in [0.3, 0.4) is 0 Å². The minimum Gasteiger partial charge on any atom is -1.00 e. The Morgan fingerprint density at radius 2 is 1.00 bits per heavy atom. The molecule has 0 aromatic carbocycles. The Hall–Kier alpha value is 4.75. The van der Waals surface area contributed by atoms with Gasteiger partial charge in [-0.3, -0.25) is 0 Å². The van der Waals surface area contributed by atoms with Gasteiger partial charge in [0.15, 0.2) is 0 Å². The molecule has 9 heteroatoms. The third-order valence-electron chi connectivity index (χ3n) is 0. The first-order valence-corrected chi connectivity index (χ1v) is 2.19. The summed E-state index contributed by atoms with van der Waals surface area (Å²) >= 11 is 0. The molecule has 0 saturated carbocycles. The second kappa shape index (κ2) is 15.2.